The van der Waals surface area contributed by atoms with Crippen LogP contribution in [0.15, 0.2) is 71.6 Å². The van der Waals surface area contributed by atoms with Gasteiger partial charge in [0, 0.05) is 23.7 Å². The Morgan fingerprint density at radius 1 is 1.00 bits per heavy atom. The van der Waals surface area contributed by atoms with Gasteiger partial charge in [0.15, 0.2) is 0 Å². The van der Waals surface area contributed by atoms with Gasteiger partial charge in [-0.25, -0.2) is 8.42 Å². The summed E-state index contributed by atoms with van der Waals surface area (Å²) < 4.78 is 40.2. The molecular weight excluding hydrogens is 590 g/mol. The summed E-state index contributed by atoms with van der Waals surface area (Å²) in [6.07, 6.45) is 3.84. The van der Waals surface area contributed by atoms with E-state index in [0.717, 1.165) is 35.6 Å². The minimum Gasteiger partial charge on any atom is -0.497 e. The molecule has 0 bridgehead atoms. The Hall–Kier alpha value is -3.76. The molecular formula is C32H38ClN3O6S. The van der Waals surface area contributed by atoms with E-state index in [-0.39, 0.29) is 34.8 Å². The molecule has 0 aliphatic heterocycles. The molecule has 0 aromatic heterocycles. The monoisotopic (exact) mass is 627 g/mol. The van der Waals surface area contributed by atoms with Crippen LogP contribution >= 0.6 is 11.6 Å². The quantitative estimate of drug-likeness (QED) is 0.291. The molecule has 9 nitrogen and oxygen atoms in total. The van der Waals surface area contributed by atoms with Gasteiger partial charge in [0.05, 0.1) is 24.8 Å². The molecule has 1 atom stereocenters. The normalized spacial score (nSPS) is 14.2. The summed E-state index contributed by atoms with van der Waals surface area (Å²) in [6.45, 7) is 2.90. The molecule has 0 spiro atoms. The van der Waals surface area contributed by atoms with Crippen LogP contribution in [0.5, 0.6) is 11.5 Å². The number of hydrogen-bond acceptors (Lipinski definition) is 6. The minimum absolute atomic E-state index is 0.000418. The smallest absolute Gasteiger partial charge is 0.264 e. The molecule has 0 radical (unpaired) electrons. The second-order valence-corrected chi connectivity index (χ2v) is 12.9. The summed E-state index contributed by atoms with van der Waals surface area (Å²) in [5, 5.41) is 3.49. The number of halogens is 1. The van der Waals surface area contributed by atoms with Gasteiger partial charge in [-0.05, 0) is 62.6 Å². The second-order valence-electron chi connectivity index (χ2n) is 10.6. The van der Waals surface area contributed by atoms with Crippen molar-refractivity contribution in [3.8, 4) is 11.5 Å². The molecule has 1 aliphatic rings. The van der Waals surface area contributed by atoms with Crippen molar-refractivity contribution in [3.05, 3.63) is 82.9 Å². The summed E-state index contributed by atoms with van der Waals surface area (Å²) in [7, 11) is -1.40. The van der Waals surface area contributed by atoms with Crippen molar-refractivity contribution in [2.75, 3.05) is 25.1 Å². The van der Waals surface area contributed by atoms with E-state index in [1.54, 1.807) is 55.5 Å². The molecule has 1 saturated carbocycles. The Bertz CT molecular complexity index is 1540. The summed E-state index contributed by atoms with van der Waals surface area (Å²) in [5.41, 5.74) is 1.63. The first-order chi connectivity index (χ1) is 20.5. The van der Waals surface area contributed by atoms with Crippen LogP contribution < -0.4 is 19.1 Å². The number of carbonyl (C=O) groups is 2. The molecule has 1 fully saturated rings. The standard InChI is InChI=1S/C32H38ClN3O6S/c1-22-13-16-27(17-14-22)43(39,40)36(29-19-26(41-3)15-18-30(29)42-4)21-31(37)35(20-24-9-5-8-12-28(24)33)23(2)32(38)34-25-10-6-7-11-25/h5,8-9,12-19,23,25H,6-7,10-11,20-21H2,1-4H3,(H,34,38)/t23-/m1/s1. The van der Waals surface area contributed by atoms with E-state index in [9.17, 15) is 18.0 Å². The summed E-state index contributed by atoms with van der Waals surface area (Å²) in [4.78, 5) is 29.0. The molecule has 3 aromatic carbocycles. The lowest BCUT2D eigenvalue weighted by atomic mass is 10.1. The second kappa shape index (κ2) is 14.1. The largest absolute Gasteiger partial charge is 0.497 e. The van der Waals surface area contributed by atoms with Gasteiger partial charge in [-0.15, -0.1) is 0 Å². The zero-order valence-corrected chi connectivity index (χ0v) is 26.5. The van der Waals surface area contributed by atoms with Gasteiger partial charge < -0.3 is 19.7 Å². The molecule has 1 N–H and O–H groups in total. The van der Waals surface area contributed by atoms with Gasteiger partial charge in [-0.1, -0.05) is 60.3 Å². The molecule has 0 heterocycles. The van der Waals surface area contributed by atoms with Crippen LogP contribution in [-0.4, -0.2) is 58.0 Å². The number of hydrogen-bond donors (Lipinski definition) is 1. The number of aryl methyl sites for hydroxylation is 1. The maximum Gasteiger partial charge on any atom is 0.264 e. The van der Waals surface area contributed by atoms with E-state index < -0.39 is 28.5 Å². The highest BCUT2D eigenvalue weighted by molar-refractivity contribution is 7.92. The number of methoxy groups -OCH3 is 2. The van der Waals surface area contributed by atoms with E-state index in [0.29, 0.717) is 16.3 Å². The average Bonchev–Trinajstić information content (AvgIpc) is 3.51. The Labute approximate surface area is 258 Å². The molecule has 230 valence electrons. The van der Waals surface area contributed by atoms with Crippen molar-refractivity contribution in [2.24, 2.45) is 0 Å². The maximum absolute atomic E-state index is 14.2. The first kappa shape index (κ1) is 32.2. The predicted octanol–water partition coefficient (Wildman–Crippen LogP) is 5.34. The lowest BCUT2D eigenvalue weighted by Gasteiger charge is -2.33. The van der Waals surface area contributed by atoms with Crippen LogP contribution in [0.1, 0.15) is 43.7 Å². The number of carbonyl (C=O) groups excluding carboxylic acids is 2. The predicted molar refractivity (Wildman–Crippen MR) is 167 cm³/mol. The molecule has 4 rings (SSSR count). The van der Waals surface area contributed by atoms with Crippen molar-refractivity contribution < 1.29 is 27.5 Å². The summed E-state index contributed by atoms with van der Waals surface area (Å²) in [5.74, 6) is -0.285. The first-order valence-corrected chi connectivity index (χ1v) is 16.0. The van der Waals surface area contributed by atoms with E-state index in [2.05, 4.69) is 5.32 Å². The van der Waals surface area contributed by atoms with Gasteiger partial charge in [-0.3, -0.25) is 13.9 Å². The average molecular weight is 628 g/mol. The lowest BCUT2D eigenvalue weighted by Crippen LogP contribution is -2.52. The lowest BCUT2D eigenvalue weighted by molar-refractivity contribution is -0.139. The summed E-state index contributed by atoms with van der Waals surface area (Å²) in [6, 6.07) is 17.3. The third-order valence-electron chi connectivity index (χ3n) is 7.71. The van der Waals surface area contributed by atoms with Crippen molar-refractivity contribution >= 4 is 39.1 Å². The van der Waals surface area contributed by atoms with Crippen LogP contribution in [0.25, 0.3) is 0 Å². The van der Waals surface area contributed by atoms with Gasteiger partial charge in [-0.2, -0.15) is 0 Å². The number of amides is 2. The van der Waals surface area contributed by atoms with E-state index >= 15 is 0 Å². The van der Waals surface area contributed by atoms with Gasteiger partial charge >= 0.3 is 0 Å². The molecule has 2 amide bonds. The highest BCUT2D eigenvalue weighted by Gasteiger charge is 2.35. The van der Waals surface area contributed by atoms with E-state index in [1.807, 2.05) is 6.92 Å². The molecule has 43 heavy (non-hydrogen) atoms. The number of anilines is 1. The van der Waals surface area contributed by atoms with Gasteiger partial charge in [0.2, 0.25) is 11.8 Å². The number of ether oxygens (including phenoxy) is 2. The topological polar surface area (TPSA) is 105 Å². The van der Waals surface area contributed by atoms with E-state index in [4.69, 9.17) is 21.1 Å². The van der Waals surface area contributed by atoms with Crippen molar-refractivity contribution in [1.82, 2.24) is 10.2 Å². The molecule has 3 aromatic rings. The van der Waals surface area contributed by atoms with Crippen LogP contribution in [0.4, 0.5) is 5.69 Å². The fourth-order valence-corrected chi connectivity index (χ4v) is 6.74. The molecule has 11 heteroatoms. The van der Waals surface area contributed by atoms with E-state index in [1.165, 1.54) is 37.3 Å². The van der Waals surface area contributed by atoms with Crippen LogP contribution in [-0.2, 0) is 26.2 Å². The minimum atomic E-state index is -4.28. The maximum atomic E-state index is 14.2. The fraction of sp³-hybridized carbons (Fsp3) is 0.375. The fourth-order valence-electron chi connectivity index (χ4n) is 5.13. The molecule has 1 aliphatic carbocycles. The number of rotatable bonds is 12. The van der Waals surface area contributed by atoms with Crippen molar-refractivity contribution in [2.45, 2.75) is 63.1 Å². The Balaban J connectivity index is 1.76. The van der Waals surface area contributed by atoms with Gasteiger partial charge in [0.1, 0.15) is 24.1 Å². The third-order valence-corrected chi connectivity index (χ3v) is 9.85. The highest BCUT2D eigenvalue weighted by Crippen LogP contribution is 2.36. The molecule has 0 saturated heterocycles. The number of benzene rings is 3. The summed E-state index contributed by atoms with van der Waals surface area (Å²) >= 11 is 6.46. The van der Waals surface area contributed by atoms with Crippen LogP contribution in [0.2, 0.25) is 5.02 Å². The number of nitrogens with zero attached hydrogens (tertiary/aromatic N) is 2. The van der Waals surface area contributed by atoms with Crippen LogP contribution in [0.3, 0.4) is 0 Å². The van der Waals surface area contributed by atoms with Gasteiger partial charge in [0.25, 0.3) is 10.0 Å². The Morgan fingerprint density at radius 2 is 1.67 bits per heavy atom. The number of nitrogens with one attached hydrogen (secondary N) is 1. The highest BCUT2D eigenvalue weighted by atomic mass is 35.5. The zero-order valence-electron chi connectivity index (χ0n) is 24.9. The van der Waals surface area contributed by atoms with Crippen molar-refractivity contribution in [3.63, 3.8) is 0 Å². The first-order valence-electron chi connectivity index (χ1n) is 14.2. The van der Waals surface area contributed by atoms with Crippen molar-refractivity contribution in [1.29, 1.82) is 0 Å². The SMILES string of the molecule is COc1ccc(OC)c(N(CC(=O)N(Cc2ccccc2Cl)[C@H](C)C(=O)NC2CCCC2)S(=O)(=O)c2ccc(C)cc2)c1. The Morgan fingerprint density at radius 3 is 2.30 bits per heavy atom. The molecule has 0 unspecified atom stereocenters. The zero-order chi connectivity index (χ0) is 31.1. The third kappa shape index (κ3) is 7.61. The Kier molecular flexibility index (Phi) is 10.6. The number of sulfonamides is 1. The van der Waals surface area contributed by atoms with Crippen LogP contribution in [0, 0.1) is 6.92 Å².